The molecule has 0 saturated heterocycles. The summed E-state index contributed by atoms with van der Waals surface area (Å²) in [6.45, 7) is 1.73. The van der Waals surface area contributed by atoms with Crippen molar-refractivity contribution >= 4 is 5.97 Å². The van der Waals surface area contributed by atoms with Crippen molar-refractivity contribution in [3.8, 4) is 11.4 Å². The molecule has 1 heterocycles. The summed E-state index contributed by atoms with van der Waals surface area (Å²) in [6, 6.07) is 12.3. The molecule has 5 nitrogen and oxygen atoms in total. The van der Waals surface area contributed by atoms with Crippen LogP contribution in [0.2, 0.25) is 0 Å². The average Bonchev–Trinajstić information content (AvgIpc) is 3.14. The Labute approximate surface area is 159 Å². The van der Waals surface area contributed by atoms with Gasteiger partial charge in [0.05, 0.1) is 12.0 Å². The number of halogens is 3. The van der Waals surface area contributed by atoms with Gasteiger partial charge in [-0.1, -0.05) is 47.1 Å². The van der Waals surface area contributed by atoms with Gasteiger partial charge in [-0.3, -0.25) is 4.79 Å². The number of nitrogens with zero attached hydrogens (tertiary/aromatic N) is 2. The minimum absolute atomic E-state index is 0.0194. The number of ether oxygens (including phenoxy) is 1. The van der Waals surface area contributed by atoms with E-state index >= 15 is 0 Å². The number of alkyl halides is 3. The first kappa shape index (κ1) is 19.6. The number of carbonyl (C=O) groups excluding carboxylic acids is 1. The van der Waals surface area contributed by atoms with Crippen LogP contribution < -0.4 is 0 Å². The van der Waals surface area contributed by atoms with Gasteiger partial charge in [0, 0.05) is 12.0 Å². The molecule has 3 rings (SSSR count). The van der Waals surface area contributed by atoms with Crippen LogP contribution in [-0.4, -0.2) is 16.1 Å². The molecule has 2 aromatic carbocycles. The van der Waals surface area contributed by atoms with Crippen LogP contribution in [0, 0.1) is 6.92 Å². The molecule has 28 heavy (non-hydrogen) atoms. The summed E-state index contributed by atoms with van der Waals surface area (Å²) in [7, 11) is 0. The number of hydrogen-bond donors (Lipinski definition) is 0. The monoisotopic (exact) mass is 390 g/mol. The average molecular weight is 390 g/mol. The van der Waals surface area contributed by atoms with Gasteiger partial charge in [0.2, 0.25) is 11.7 Å². The molecule has 0 saturated carbocycles. The summed E-state index contributed by atoms with van der Waals surface area (Å²) in [6.07, 6.45) is -4.28. The largest absolute Gasteiger partial charge is 0.461 e. The standard InChI is InChI=1S/C20H17F3N2O3/c1-13-5-7-15(8-6-13)19-24-17(28-25-19)9-10-18(26)27-12-14-3-2-4-16(11-14)20(21,22)23/h2-8,11H,9-10,12H2,1H3. The minimum atomic E-state index is -4.44. The lowest BCUT2D eigenvalue weighted by atomic mass is 10.1. The van der Waals surface area contributed by atoms with Crippen LogP contribution in [0.1, 0.15) is 29.0 Å². The van der Waals surface area contributed by atoms with E-state index in [-0.39, 0.29) is 30.9 Å². The van der Waals surface area contributed by atoms with Crippen molar-refractivity contribution in [2.24, 2.45) is 0 Å². The molecule has 0 radical (unpaired) electrons. The second-order valence-electron chi connectivity index (χ2n) is 6.24. The molecule has 0 fully saturated rings. The normalized spacial score (nSPS) is 11.4. The first-order valence-electron chi connectivity index (χ1n) is 8.52. The molecular formula is C20H17F3N2O3. The van der Waals surface area contributed by atoms with Crippen molar-refractivity contribution in [2.75, 3.05) is 0 Å². The van der Waals surface area contributed by atoms with Crippen molar-refractivity contribution in [3.63, 3.8) is 0 Å². The SMILES string of the molecule is Cc1ccc(-c2noc(CCC(=O)OCc3cccc(C(F)(F)F)c3)n2)cc1. The molecular weight excluding hydrogens is 373 g/mol. The van der Waals surface area contributed by atoms with Gasteiger partial charge < -0.3 is 9.26 Å². The van der Waals surface area contributed by atoms with E-state index in [1.165, 1.54) is 12.1 Å². The summed E-state index contributed by atoms with van der Waals surface area (Å²) < 4.78 is 48.2. The highest BCUT2D eigenvalue weighted by molar-refractivity contribution is 5.69. The predicted octanol–water partition coefficient (Wildman–Crippen LogP) is 4.74. The molecule has 0 N–H and O–H groups in total. The molecule has 1 aromatic heterocycles. The topological polar surface area (TPSA) is 65.2 Å². The number of carbonyl (C=O) groups is 1. The summed E-state index contributed by atoms with van der Waals surface area (Å²) in [4.78, 5) is 16.1. The predicted molar refractivity (Wildman–Crippen MR) is 94.0 cm³/mol. The fourth-order valence-electron chi connectivity index (χ4n) is 2.46. The Bertz CT molecular complexity index is 950. The summed E-state index contributed by atoms with van der Waals surface area (Å²) in [5.41, 5.74) is 1.39. The van der Waals surface area contributed by atoms with Crippen LogP contribution in [0.15, 0.2) is 53.1 Å². The fourth-order valence-corrected chi connectivity index (χ4v) is 2.46. The second kappa shape index (κ2) is 8.24. The quantitative estimate of drug-likeness (QED) is 0.569. The number of aromatic nitrogens is 2. The van der Waals surface area contributed by atoms with E-state index in [0.717, 1.165) is 23.3 Å². The molecule has 8 heteroatoms. The van der Waals surface area contributed by atoms with Crippen LogP contribution in [0.3, 0.4) is 0 Å². The molecule has 0 spiro atoms. The molecule has 3 aromatic rings. The van der Waals surface area contributed by atoms with Crippen LogP contribution in [0.4, 0.5) is 13.2 Å². The lowest BCUT2D eigenvalue weighted by molar-refractivity contribution is -0.145. The summed E-state index contributed by atoms with van der Waals surface area (Å²) >= 11 is 0. The third-order valence-electron chi connectivity index (χ3n) is 3.97. The van der Waals surface area contributed by atoms with E-state index in [0.29, 0.717) is 5.82 Å². The van der Waals surface area contributed by atoms with Crippen molar-refractivity contribution < 1.29 is 27.2 Å². The van der Waals surface area contributed by atoms with E-state index in [1.807, 2.05) is 31.2 Å². The fraction of sp³-hybridized carbons (Fsp3) is 0.250. The van der Waals surface area contributed by atoms with Gasteiger partial charge in [-0.05, 0) is 24.6 Å². The number of hydrogen-bond acceptors (Lipinski definition) is 5. The van der Waals surface area contributed by atoms with Gasteiger partial charge in [-0.15, -0.1) is 0 Å². The highest BCUT2D eigenvalue weighted by atomic mass is 19.4. The van der Waals surface area contributed by atoms with E-state index in [9.17, 15) is 18.0 Å². The van der Waals surface area contributed by atoms with E-state index in [2.05, 4.69) is 10.1 Å². The Morgan fingerprint density at radius 3 is 2.61 bits per heavy atom. The summed E-state index contributed by atoms with van der Waals surface area (Å²) in [5, 5.41) is 3.88. The van der Waals surface area contributed by atoms with Crippen molar-refractivity contribution in [2.45, 2.75) is 32.5 Å². The Kier molecular flexibility index (Phi) is 5.77. The zero-order valence-corrected chi connectivity index (χ0v) is 15.0. The third kappa shape index (κ3) is 5.18. The molecule has 0 aliphatic rings. The zero-order valence-electron chi connectivity index (χ0n) is 15.0. The number of benzene rings is 2. The molecule has 0 aliphatic heterocycles. The van der Waals surface area contributed by atoms with Crippen molar-refractivity contribution in [1.82, 2.24) is 10.1 Å². The zero-order chi connectivity index (χ0) is 20.1. The second-order valence-corrected chi connectivity index (χ2v) is 6.24. The Morgan fingerprint density at radius 1 is 1.14 bits per heavy atom. The molecule has 0 bridgehead atoms. The number of rotatable bonds is 6. The maximum absolute atomic E-state index is 12.7. The Hall–Kier alpha value is -3.16. The molecule has 0 aliphatic carbocycles. The first-order chi connectivity index (χ1) is 13.3. The minimum Gasteiger partial charge on any atom is -0.461 e. The van der Waals surface area contributed by atoms with Crippen LogP contribution in [-0.2, 0) is 28.7 Å². The van der Waals surface area contributed by atoms with Crippen molar-refractivity contribution in [1.29, 1.82) is 0 Å². The first-order valence-corrected chi connectivity index (χ1v) is 8.52. The van der Waals surface area contributed by atoms with Gasteiger partial charge in [-0.2, -0.15) is 18.2 Å². The molecule has 146 valence electrons. The molecule has 0 unspecified atom stereocenters. The van der Waals surface area contributed by atoms with Crippen LogP contribution in [0.25, 0.3) is 11.4 Å². The van der Waals surface area contributed by atoms with Gasteiger partial charge in [-0.25, -0.2) is 0 Å². The lowest BCUT2D eigenvalue weighted by Crippen LogP contribution is -2.08. The van der Waals surface area contributed by atoms with Gasteiger partial charge >= 0.3 is 12.1 Å². The van der Waals surface area contributed by atoms with E-state index < -0.39 is 17.7 Å². The van der Waals surface area contributed by atoms with Gasteiger partial charge in [0.25, 0.3) is 0 Å². The molecule has 0 amide bonds. The van der Waals surface area contributed by atoms with Gasteiger partial charge in [0.15, 0.2) is 0 Å². The van der Waals surface area contributed by atoms with E-state index in [4.69, 9.17) is 9.26 Å². The third-order valence-corrected chi connectivity index (χ3v) is 3.97. The van der Waals surface area contributed by atoms with Crippen molar-refractivity contribution in [3.05, 3.63) is 71.1 Å². The maximum atomic E-state index is 12.7. The number of aryl methyl sites for hydroxylation is 2. The smallest absolute Gasteiger partial charge is 0.416 e. The van der Waals surface area contributed by atoms with Gasteiger partial charge in [0.1, 0.15) is 6.61 Å². The van der Waals surface area contributed by atoms with Crippen LogP contribution in [0.5, 0.6) is 0 Å². The van der Waals surface area contributed by atoms with Crippen LogP contribution >= 0.6 is 0 Å². The highest BCUT2D eigenvalue weighted by Crippen LogP contribution is 2.29. The maximum Gasteiger partial charge on any atom is 0.416 e. The highest BCUT2D eigenvalue weighted by Gasteiger charge is 2.30. The Morgan fingerprint density at radius 2 is 1.89 bits per heavy atom. The van der Waals surface area contributed by atoms with E-state index in [1.54, 1.807) is 0 Å². The number of esters is 1. The lowest BCUT2D eigenvalue weighted by Gasteiger charge is -2.09. The molecule has 0 atom stereocenters. The summed E-state index contributed by atoms with van der Waals surface area (Å²) in [5.74, 6) is 0.145. The Balaban J connectivity index is 1.50.